The van der Waals surface area contributed by atoms with Gasteiger partial charge in [0.15, 0.2) is 19.7 Å². The Morgan fingerprint density at radius 3 is 1.26 bits per heavy atom. The van der Waals surface area contributed by atoms with Crippen molar-refractivity contribution in [2.45, 2.75) is 46.3 Å². The number of nitrogens with zero attached hydrogens (tertiary/aromatic N) is 2. The molecule has 0 fully saturated rings. The lowest BCUT2D eigenvalue weighted by Gasteiger charge is -2.10. The van der Waals surface area contributed by atoms with E-state index in [1.165, 1.54) is 82.3 Å². The highest BCUT2D eigenvalue weighted by atomic mass is 32.2. The van der Waals surface area contributed by atoms with Gasteiger partial charge in [0, 0.05) is 34.7 Å². The quantitative estimate of drug-likeness (QED) is 0.187. The lowest BCUT2D eigenvalue weighted by Crippen LogP contribution is -2.15. The molecule has 6 aromatic rings. The third kappa shape index (κ3) is 7.69. The fourth-order valence-corrected chi connectivity index (χ4v) is 12.5. The number of carbonyl (C=O) groups is 2. The van der Waals surface area contributed by atoms with Gasteiger partial charge in [-0.2, -0.15) is 0 Å². The number of rotatable bonds is 10. The Hall–Kier alpha value is -4.34. The summed E-state index contributed by atoms with van der Waals surface area (Å²) in [6, 6.07) is 13.5. The van der Waals surface area contributed by atoms with Gasteiger partial charge in [0.1, 0.15) is 9.66 Å². The summed E-state index contributed by atoms with van der Waals surface area (Å²) in [6.07, 6.45) is 1.78. The van der Waals surface area contributed by atoms with Gasteiger partial charge in [0.2, 0.25) is 0 Å². The van der Waals surface area contributed by atoms with Crippen LogP contribution in [0, 0.1) is 13.8 Å². The number of aliphatic carboxylic acids is 1. The molecule has 0 amide bonds. The van der Waals surface area contributed by atoms with Crippen molar-refractivity contribution in [1.29, 1.82) is 0 Å². The molecule has 282 valence electrons. The third-order valence-electron chi connectivity index (χ3n) is 8.25. The molecule has 0 spiro atoms. The van der Waals surface area contributed by atoms with Crippen LogP contribution in [0.2, 0.25) is 0 Å². The number of fused-ring (bicyclic) bond motifs is 2. The Kier molecular flexibility index (Phi) is 10.9. The Morgan fingerprint density at radius 2 is 0.943 bits per heavy atom. The van der Waals surface area contributed by atoms with Gasteiger partial charge in [0.05, 0.1) is 39.5 Å². The van der Waals surface area contributed by atoms with E-state index in [0.29, 0.717) is 42.9 Å². The number of sulfone groups is 2. The number of thiophene rings is 2. The standard InChI is InChI=1S/C17H17NO6S3.C16H15NO6S3/c1-11-15(10-16(19)24-2)14-8-9-25-17(14)18(11)27(22,23)13-6-4-12(5-7-13)26(3,20)21;1-10-14(9-15(18)19)13-7-8-24-16(13)17(10)26(22,23)12-5-3-11(4-6-12)25(2,20)21/h4-9H,10H2,1-3H3;3-8H,9H2,1-2H3,(H,18,19). The number of carbonyl (C=O) groups excluding carboxylic acids is 1. The smallest absolute Gasteiger partial charge is 0.310 e. The number of methoxy groups -OCH3 is 1. The van der Waals surface area contributed by atoms with E-state index >= 15 is 0 Å². The first-order valence-electron chi connectivity index (χ1n) is 15.2. The van der Waals surface area contributed by atoms with Crippen LogP contribution >= 0.6 is 22.7 Å². The first-order valence-corrected chi connectivity index (χ1v) is 23.6. The van der Waals surface area contributed by atoms with E-state index in [1.54, 1.807) is 36.7 Å². The molecule has 0 aliphatic carbocycles. The molecular formula is C33H32N2O12S6. The fraction of sp³-hybridized carbons (Fsp3) is 0.212. The van der Waals surface area contributed by atoms with Crippen molar-refractivity contribution in [3.8, 4) is 0 Å². The maximum Gasteiger partial charge on any atom is 0.310 e. The number of esters is 1. The molecular weight excluding hydrogens is 809 g/mol. The molecule has 2 aromatic carbocycles. The first kappa shape index (κ1) is 39.9. The van der Waals surface area contributed by atoms with E-state index in [9.17, 15) is 43.3 Å². The Bertz CT molecular complexity index is 2840. The van der Waals surface area contributed by atoms with Crippen LogP contribution in [0.15, 0.2) is 91.0 Å². The summed E-state index contributed by atoms with van der Waals surface area (Å²) in [5.41, 5.74) is 1.80. The van der Waals surface area contributed by atoms with Crippen LogP contribution in [0.5, 0.6) is 0 Å². The average Bonchev–Trinajstić information content (AvgIpc) is 3.85. The lowest BCUT2D eigenvalue weighted by atomic mass is 10.1. The number of carboxylic acid groups (broad SMARTS) is 1. The predicted octanol–water partition coefficient (Wildman–Crippen LogP) is 4.65. The van der Waals surface area contributed by atoms with Crippen LogP contribution < -0.4 is 0 Å². The first-order chi connectivity index (χ1) is 24.6. The molecule has 0 saturated heterocycles. The van der Waals surface area contributed by atoms with E-state index in [0.717, 1.165) is 16.5 Å². The SMILES string of the molecule is COC(=O)Cc1c(C)n(S(=O)(=O)c2ccc(S(C)(=O)=O)cc2)c2sccc12.Cc1c(CC(=O)O)c2ccsc2n1S(=O)(=O)c1ccc(S(C)(=O)=O)cc1. The Labute approximate surface area is 313 Å². The highest BCUT2D eigenvalue weighted by molar-refractivity contribution is 7.91. The molecule has 14 nitrogen and oxygen atoms in total. The van der Waals surface area contributed by atoms with Gasteiger partial charge in [-0.25, -0.2) is 41.6 Å². The van der Waals surface area contributed by atoms with Crippen molar-refractivity contribution in [3.63, 3.8) is 0 Å². The molecule has 6 rings (SSSR count). The van der Waals surface area contributed by atoms with Gasteiger partial charge in [-0.05, 0) is 96.4 Å². The second-order valence-corrected chi connectivity index (χ2v) is 21.2. The minimum atomic E-state index is -4.00. The summed E-state index contributed by atoms with van der Waals surface area (Å²) in [5, 5.41) is 13.8. The van der Waals surface area contributed by atoms with Gasteiger partial charge in [0.25, 0.3) is 20.0 Å². The van der Waals surface area contributed by atoms with Crippen LogP contribution in [-0.2, 0) is 66.9 Å². The van der Waals surface area contributed by atoms with Gasteiger partial charge in [-0.3, -0.25) is 9.59 Å². The van der Waals surface area contributed by atoms with Gasteiger partial charge >= 0.3 is 11.9 Å². The van der Waals surface area contributed by atoms with Crippen molar-refractivity contribution in [1.82, 2.24) is 7.94 Å². The highest BCUT2D eigenvalue weighted by Gasteiger charge is 2.28. The molecule has 0 saturated carbocycles. The number of aromatic nitrogens is 2. The van der Waals surface area contributed by atoms with Crippen molar-refractivity contribution in [2.75, 3.05) is 19.6 Å². The van der Waals surface area contributed by atoms with Crippen molar-refractivity contribution < 1.29 is 53.1 Å². The number of hydrogen-bond acceptors (Lipinski definition) is 13. The van der Waals surface area contributed by atoms with Crippen molar-refractivity contribution in [3.05, 3.63) is 93.9 Å². The summed E-state index contributed by atoms with van der Waals surface area (Å²) >= 11 is 2.45. The predicted molar refractivity (Wildman–Crippen MR) is 200 cm³/mol. The number of carboxylic acids is 1. The largest absolute Gasteiger partial charge is 0.481 e. The minimum absolute atomic E-state index is 0.0218. The molecule has 0 atom stereocenters. The molecule has 4 aromatic heterocycles. The zero-order valence-electron chi connectivity index (χ0n) is 28.6. The molecule has 0 radical (unpaired) electrons. The topological polar surface area (TPSA) is 210 Å². The van der Waals surface area contributed by atoms with Crippen LogP contribution in [-0.4, -0.2) is 78.3 Å². The second-order valence-electron chi connectivity index (χ2n) is 11.8. The zero-order chi connectivity index (χ0) is 39.3. The maximum absolute atomic E-state index is 13.2. The maximum atomic E-state index is 13.2. The third-order valence-corrected chi connectivity index (χ3v) is 16.1. The summed E-state index contributed by atoms with van der Waals surface area (Å²) in [5.74, 6) is -1.51. The number of hydrogen-bond donors (Lipinski definition) is 1. The molecule has 0 unspecified atom stereocenters. The summed E-state index contributed by atoms with van der Waals surface area (Å²) in [7, 11) is -13.6. The minimum Gasteiger partial charge on any atom is -0.481 e. The molecule has 0 bridgehead atoms. The zero-order valence-corrected chi connectivity index (χ0v) is 33.5. The van der Waals surface area contributed by atoms with Crippen LogP contribution in [0.4, 0.5) is 0 Å². The molecule has 53 heavy (non-hydrogen) atoms. The van der Waals surface area contributed by atoms with Crippen molar-refractivity contribution >= 4 is 94.8 Å². The fourth-order valence-electron chi connectivity index (χ4n) is 5.64. The Morgan fingerprint density at radius 1 is 0.604 bits per heavy atom. The van der Waals surface area contributed by atoms with E-state index in [2.05, 4.69) is 0 Å². The highest BCUT2D eigenvalue weighted by Crippen LogP contribution is 2.35. The molecule has 1 N–H and O–H groups in total. The van der Waals surface area contributed by atoms with Crippen LogP contribution in [0.1, 0.15) is 22.5 Å². The van der Waals surface area contributed by atoms with E-state index in [1.807, 2.05) is 0 Å². The number of benzene rings is 2. The molecule has 0 aliphatic heterocycles. The van der Waals surface area contributed by atoms with E-state index in [4.69, 9.17) is 9.84 Å². The van der Waals surface area contributed by atoms with Gasteiger partial charge in [-0.15, -0.1) is 22.7 Å². The number of ether oxygens (including phenoxy) is 1. The lowest BCUT2D eigenvalue weighted by molar-refractivity contribution is -0.140. The summed E-state index contributed by atoms with van der Waals surface area (Å²) in [4.78, 5) is 23.8. The van der Waals surface area contributed by atoms with Gasteiger partial charge < -0.3 is 9.84 Å². The van der Waals surface area contributed by atoms with E-state index < -0.39 is 51.7 Å². The monoisotopic (exact) mass is 840 g/mol. The van der Waals surface area contributed by atoms with Crippen LogP contribution in [0.25, 0.3) is 20.4 Å². The average molecular weight is 841 g/mol. The normalized spacial score (nSPS) is 12.5. The summed E-state index contributed by atoms with van der Waals surface area (Å²) in [6.45, 7) is 3.20. The summed E-state index contributed by atoms with van der Waals surface area (Å²) < 4.78 is 106. The molecule has 0 aliphatic rings. The van der Waals surface area contributed by atoms with Crippen LogP contribution in [0.3, 0.4) is 0 Å². The van der Waals surface area contributed by atoms with E-state index in [-0.39, 0.29) is 32.4 Å². The molecule has 20 heteroatoms. The Balaban J connectivity index is 0.000000204. The molecule has 4 heterocycles. The van der Waals surface area contributed by atoms with Gasteiger partial charge in [-0.1, -0.05) is 0 Å². The second kappa shape index (κ2) is 14.5. The van der Waals surface area contributed by atoms with Crippen molar-refractivity contribution in [2.24, 2.45) is 0 Å².